The van der Waals surface area contributed by atoms with E-state index in [2.05, 4.69) is 20.0 Å². The van der Waals surface area contributed by atoms with E-state index in [-0.39, 0.29) is 4.90 Å². The molecule has 6 nitrogen and oxygen atoms in total. The zero-order valence-corrected chi connectivity index (χ0v) is 12.1. The Morgan fingerprint density at radius 3 is 2.75 bits per heavy atom. The van der Waals surface area contributed by atoms with E-state index in [1.807, 2.05) is 6.92 Å². The fraction of sp³-hybridized carbons (Fsp3) is 0.231. The Labute approximate surface area is 118 Å². The number of aryl methyl sites for hydroxylation is 1. The molecule has 2 N–H and O–H groups in total. The van der Waals surface area contributed by atoms with Gasteiger partial charge in [0.2, 0.25) is 0 Å². The lowest BCUT2D eigenvalue weighted by molar-refractivity contribution is 0.601. The SMILES string of the molecule is CCNc1cc(S(=O)(=O)Nc2ccncc2C)ccn1. The highest BCUT2D eigenvalue weighted by atomic mass is 32.2. The van der Waals surface area contributed by atoms with Crippen LogP contribution in [0.4, 0.5) is 11.5 Å². The molecule has 0 aliphatic carbocycles. The van der Waals surface area contributed by atoms with Crippen LogP contribution < -0.4 is 10.0 Å². The summed E-state index contributed by atoms with van der Waals surface area (Å²) in [5, 5.41) is 2.98. The molecular weight excluding hydrogens is 276 g/mol. The highest BCUT2D eigenvalue weighted by molar-refractivity contribution is 7.92. The molecule has 7 heteroatoms. The third kappa shape index (κ3) is 3.24. The molecule has 0 radical (unpaired) electrons. The molecular formula is C13H16N4O2S. The lowest BCUT2D eigenvalue weighted by Gasteiger charge is -2.11. The van der Waals surface area contributed by atoms with Gasteiger partial charge in [0.15, 0.2) is 0 Å². The van der Waals surface area contributed by atoms with Crippen molar-refractivity contribution in [3.8, 4) is 0 Å². The quantitative estimate of drug-likeness (QED) is 0.880. The lowest BCUT2D eigenvalue weighted by atomic mass is 10.3. The van der Waals surface area contributed by atoms with E-state index in [9.17, 15) is 8.42 Å². The maximum atomic E-state index is 12.3. The zero-order valence-electron chi connectivity index (χ0n) is 11.3. The molecule has 0 spiro atoms. The zero-order chi connectivity index (χ0) is 14.6. The van der Waals surface area contributed by atoms with Crippen molar-refractivity contribution in [2.45, 2.75) is 18.7 Å². The Kier molecular flexibility index (Phi) is 4.19. The summed E-state index contributed by atoms with van der Waals surface area (Å²) in [6, 6.07) is 4.58. The first kappa shape index (κ1) is 14.3. The summed E-state index contributed by atoms with van der Waals surface area (Å²) in [7, 11) is -3.63. The summed E-state index contributed by atoms with van der Waals surface area (Å²) in [4.78, 5) is 8.15. The van der Waals surface area contributed by atoms with Crippen molar-refractivity contribution < 1.29 is 8.42 Å². The summed E-state index contributed by atoms with van der Waals surface area (Å²) in [6.07, 6.45) is 4.61. The third-order valence-electron chi connectivity index (χ3n) is 2.66. The normalized spacial score (nSPS) is 11.1. The molecule has 0 aromatic carbocycles. The number of pyridine rings is 2. The van der Waals surface area contributed by atoms with Gasteiger partial charge in [-0.1, -0.05) is 0 Å². The van der Waals surface area contributed by atoms with Crippen molar-refractivity contribution in [3.05, 3.63) is 42.4 Å². The van der Waals surface area contributed by atoms with Crippen LogP contribution in [0.15, 0.2) is 41.7 Å². The van der Waals surface area contributed by atoms with Crippen LogP contribution in [0, 0.1) is 6.92 Å². The molecule has 0 aliphatic rings. The van der Waals surface area contributed by atoms with Gasteiger partial charge in [-0.15, -0.1) is 0 Å². The Morgan fingerprint density at radius 1 is 1.25 bits per heavy atom. The molecule has 0 bridgehead atoms. The van der Waals surface area contributed by atoms with Gasteiger partial charge in [-0.3, -0.25) is 9.71 Å². The van der Waals surface area contributed by atoms with Crippen LogP contribution in [0.3, 0.4) is 0 Å². The molecule has 0 atom stereocenters. The van der Waals surface area contributed by atoms with E-state index in [1.54, 1.807) is 25.4 Å². The molecule has 0 amide bonds. The maximum Gasteiger partial charge on any atom is 0.262 e. The number of hydrogen-bond donors (Lipinski definition) is 2. The van der Waals surface area contributed by atoms with Crippen LogP contribution in [0.1, 0.15) is 12.5 Å². The average Bonchev–Trinajstić information content (AvgIpc) is 2.42. The minimum atomic E-state index is -3.63. The minimum Gasteiger partial charge on any atom is -0.370 e. The number of nitrogens with zero attached hydrogens (tertiary/aromatic N) is 2. The van der Waals surface area contributed by atoms with Crippen LogP contribution in [0.2, 0.25) is 0 Å². The van der Waals surface area contributed by atoms with Crippen LogP contribution in [-0.2, 0) is 10.0 Å². The van der Waals surface area contributed by atoms with Crippen LogP contribution in [0.25, 0.3) is 0 Å². The molecule has 2 aromatic heterocycles. The van der Waals surface area contributed by atoms with Crippen molar-refractivity contribution in [1.29, 1.82) is 0 Å². The molecule has 0 fully saturated rings. The Balaban J connectivity index is 2.31. The number of anilines is 2. The second-order valence-electron chi connectivity index (χ2n) is 4.20. The fourth-order valence-corrected chi connectivity index (χ4v) is 2.79. The van der Waals surface area contributed by atoms with Gasteiger partial charge in [0, 0.05) is 31.2 Å². The van der Waals surface area contributed by atoms with E-state index >= 15 is 0 Å². The smallest absolute Gasteiger partial charge is 0.262 e. The van der Waals surface area contributed by atoms with Crippen LogP contribution in [-0.4, -0.2) is 24.9 Å². The van der Waals surface area contributed by atoms with Crippen LogP contribution in [0.5, 0.6) is 0 Å². The third-order valence-corrected chi connectivity index (χ3v) is 4.03. The summed E-state index contributed by atoms with van der Waals surface area (Å²) in [5.41, 5.74) is 1.28. The number of hydrogen-bond acceptors (Lipinski definition) is 5. The number of aromatic nitrogens is 2. The molecule has 0 aliphatic heterocycles. The summed E-state index contributed by atoms with van der Waals surface area (Å²) >= 11 is 0. The summed E-state index contributed by atoms with van der Waals surface area (Å²) in [5.74, 6) is 0.529. The second kappa shape index (κ2) is 5.87. The minimum absolute atomic E-state index is 0.166. The average molecular weight is 292 g/mol. The molecule has 2 heterocycles. The maximum absolute atomic E-state index is 12.3. The summed E-state index contributed by atoms with van der Waals surface area (Å²) in [6.45, 7) is 4.39. The highest BCUT2D eigenvalue weighted by Crippen LogP contribution is 2.19. The van der Waals surface area contributed by atoms with Gasteiger partial charge < -0.3 is 5.32 Å². The van der Waals surface area contributed by atoms with Crippen LogP contribution >= 0.6 is 0 Å². The topological polar surface area (TPSA) is 84.0 Å². The number of sulfonamides is 1. The monoisotopic (exact) mass is 292 g/mol. The van der Waals surface area contributed by atoms with Crippen molar-refractivity contribution >= 4 is 21.5 Å². The first-order valence-electron chi connectivity index (χ1n) is 6.16. The van der Waals surface area contributed by atoms with Gasteiger partial charge in [0.1, 0.15) is 5.82 Å². The van der Waals surface area contributed by atoms with E-state index in [0.29, 0.717) is 18.1 Å². The van der Waals surface area contributed by atoms with Gasteiger partial charge >= 0.3 is 0 Å². The first-order chi connectivity index (χ1) is 9.53. The Morgan fingerprint density at radius 2 is 2.05 bits per heavy atom. The van der Waals surface area contributed by atoms with Crippen molar-refractivity contribution in [2.24, 2.45) is 0 Å². The standard InChI is InChI=1S/C13H16N4O2S/c1-3-15-13-8-11(4-7-16-13)20(18,19)17-12-5-6-14-9-10(12)2/h4-9H,3H2,1-2H3,(H,14,17)(H,15,16). The van der Waals surface area contributed by atoms with Gasteiger partial charge in [-0.2, -0.15) is 0 Å². The van der Waals surface area contributed by atoms with Gasteiger partial charge in [0.05, 0.1) is 10.6 Å². The number of rotatable bonds is 5. The predicted molar refractivity (Wildman–Crippen MR) is 78.2 cm³/mol. The largest absolute Gasteiger partial charge is 0.370 e. The van der Waals surface area contributed by atoms with Gasteiger partial charge in [0.25, 0.3) is 10.0 Å². The van der Waals surface area contributed by atoms with Gasteiger partial charge in [-0.05, 0) is 31.5 Å². The van der Waals surface area contributed by atoms with Crippen molar-refractivity contribution in [3.63, 3.8) is 0 Å². The first-order valence-corrected chi connectivity index (χ1v) is 7.64. The van der Waals surface area contributed by atoms with Crippen molar-refractivity contribution in [1.82, 2.24) is 9.97 Å². The predicted octanol–water partition coefficient (Wildman–Crippen LogP) is 2.02. The number of nitrogens with one attached hydrogen (secondary N) is 2. The Hall–Kier alpha value is -2.15. The fourth-order valence-electron chi connectivity index (χ4n) is 1.65. The molecule has 0 saturated heterocycles. The van der Waals surface area contributed by atoms with E-state index in [0.717, 1.165) is 5.56 Å². The molecule has 0 unspecified atom stereocenters. The lowest BCUT2D eigenvalue weighted by Crippen LogP contribution is -2.14. The molecule has 106 valence electrons. The Bertz CT molecular complexity index is 701. The van der Waals surface area contributed by atoms with E-state index in [4.69, 9.17) is 0 Å². The molecule has 2 rings (SSSR count). The molecule has 20 heavy (non-hydrogen) atoms. The van der Waals surface area contributed by atoms with E-state index in [1.165, 1.54) is 18.3 Å². The summed E-state index contributed by atoms with van der Waals surface area (Å²) < 4.78 is 27.2. The highest BCUT2D eigenvalue weighted by Gasteiger charge is 2.15. The van der Waals surface area contributed by atoms with E-state index < -0.39 is 10.0 Å². The molecule has 0 saturated carbocycles. The second-order valence-corrected chi connectivity index (χ2v) is 5.89. The van der Waals surface area contributed by atoms with Crippen molar-refractivity contribution in [2.75, 3.05) is 16.6 Å². The molecule has 2 aromatic rings. The van der Waals surface area contributed by atoms with Gasteiger partial charge in [-0.25, -0.2) is 13.4 Å².